The summed E-state index contributed by atoms with van der Waals surface area (Å²) in [5.74, 6) is -0.149. The molecule has 6 heteroatoms. The summed E-state index contributed by atoms with van der Waals surface area (Å²) >= 11 is 3.16. The Morgan fingerprint density at radius 1 is 1.53 bits per heavy atom. The van der Waals surface area contributed by atoms with E-state index >= 15 is 0 Å². The summed E-state index contributed by atoms with van der Waals surface area (Å²) in [5, 5.41) is 2.96. The molecule has 0 aliphatic heterocycles. The number of nitrogens with one attached hydrogen (secondary N) is 1. The molecule has 1 aromatic heterocycles. The van der Waals surface area contributed by atoms with Crippen molar-refractivity contribution in [1.29, 1.82) is 0 Å². The van der Waals surface area contributed by atoms with Gasteiger partial charge in [-0.25, -0.2) is 0 Å². The molecule has 0 spiro atoms. The number of carbonyl (C=O) groups excluding carboxylic acids is 1. The molecule has 1 amide bonds. The first-order chi connectivity index (χ1) is 7.56. The molecule has 1 rings (SSSR count). The lowest BCUT2D eigenvalue weighted by Crippen LogP contribution is -2.52. The third-order valence-corrected chi connectivity index (χ3v) is 3.37. The molecule has 0 fully saturated rings. The standard InChI is InChI=1S/C11H17BrN2O2.ClH/c1-3-11(4-2,7-13)14-10(15)8-5-9(12)16-6-8;/h5-6H,3-4,7,13H2,1-2H3,(H,14,15);1H. The van der Waals surface area contributed by atoms with Crippen LogP contribution in [0.2, 0.25) is 0 Å². The first-order valence-electron chi connectivity index (χ1n) is 5.33. The minimum atomic E-state index is -0.319. The van der Waals surface area contributed by atoms with E-state index in [-0.39, 0.29) is 23.9 Å². The second-order valence-corrected chi connectivity index (χ2v) is 4.57. The predicted molar refractivity (Wildman–Crippen MR) is 73.5 cm³/mol. The third-order valence-electron chi connectivity index (χ3n) is 2.95. The van der Waals surface area contributed by atoms with Gasteiger partial charge in [-0.1, -0.05) is 13.8 Å². The van der Waals surface area contributed by atoms with Crippen molar-refractivity contribution in [3.05, 3.63) is 22.6 Å². The van der Waals surface area contributed by atoms with E-state index in [4.69, 9.17) is 10.2 Å². The first kappa shape index (κ1) is 16.5. The third kappa shape index (κ3) is 4.01. The van der Waals surface area contributed by atoms with Crippen LogP contribution >= 0.6 is 28.3 Å². The van der Waals surface area contributed by atoms with Gasteiger partial charge in [0, 0.05) is 12.6 Å². The Morgan fingerprint density at radius 2 is 2.12 bits per heavy atom. The zero-order valence-electron chi connectivity index (χ0n) is 9.96. The number of furan rings is 1. The molecule has 0 aromatic carbocycles. The Balaban J connectivity index is 0.00000256. The van der Waals surface area contributed by atoms with E-state index in [0.717, 1.165) is 12.8 Å². The Hall–Kier alpha value is -0.520. The van der Waals surface area contributed by atoms with Crippen molar-refractivity contribution >= 4 is 34.2 Å². The largest absolute Gasteiger partial charge is 0.457 e. The van der Waals surface area contributed by atoms with E-state index in [9.17, 15) is 4.79 Å². The fraction of sp³-hybridized carbons (Fsp3) is 0.545. The minimum Gasteiger partial charge on any atom is -0.457 e. The summed E-state index contributed by atoms with van der Waals surface area (Å²) in [4.78, 5) is 11.9. The van der Waals surface area contributed by atoms with E-state index in [2.05, 4.69) is 21.2 Å². The van der Waals surface area contributed by atoms with Crippen molar-refractivity contribution in [2.45, 2.75) is 32.2 Å². The lowest BCUT2D eigenvalue weighted by atomic mass is 9.92. The van der Waals surface area contributed by atoms with Gasteiger partial charge in [-0.2, -0.15) is 0 Å². The van der Waals surface area contributed by atoms with Gasteiger partial charge in [-0.05, 0) is 28.8 Å². The second-order valence-electron chi connectivity index (χ2n) is 3.79. The highest BCUT2D eigenvalue weighted by atomic mass is 79.9. The van der Waals surface area contributed by atoms with Crippen molar-refractivity contribution < 1.29 is 9.21 Å². The Labute approximate surface area is 116 Å². The highest BCUT2D eigenvalue weighted by Crippen LogP contribution is 2.17. The van der Waals surface area contributed by atoms with Gasteiger partial charge in [0.25, 0.3) is 5.91 Å². The van der Waals surface area contributed by atoms with Crippen molar-refractivity contribution in [3.63, 3.8) is 0 Å². The summed E-state index contributed by atoms with van der Waals surface area (Å²) in [6.07, 6.45) is 3.04. The van der Waals surface area contributed by atoms with Crippen LogP contribution in [0.3, 0.4) is 0 Å². The molecule has 0 radical (unpaired) electrons. The van der Waals surface area contributed by atoms with Crippen LogP contribution in [0.4, 0.5) is 0 Å². The monoisotopic (exact) mass is 324 g/mol. The molecule has 1 aromatic rings. The van der Waals surface area contributed by atoms with Gasteiger partial charge >= 0.3 is 0 Å². The summed E-state index contributed by atoms with van der Waals surface area (Å²) in [6, 6.07) is 1.64. The highest BCUT2D eigenvalue weighted by molar-refractivity contribution is 9.10. The summed E-state index contributed by atoms with van der Waals surface area (Å²) in [5.41, 5.74) is 5.90. The molecule has 17 heavy (non-hydrogen) atoms. The van der Waals surface area contributed by atoms with Crippen LogP contribution < -0.4 is 11.1 Å². The Morgan fingerprint density at radius 3 is 2.47 bits per heavy atom. The molecule has 0 aliphatic carbocycles. The van der Waals surface area contributed by atoms with E-state index in [0.29, 0.717) is 16.8 Å². The van der Waals surface area contributed by atoms with Crippen LogP contribution in [0.15, 0.2) is 21.4 Å². The number of hydrogen-bond acceptors (Lipinski definition) is 3. The molecule has 1 heterocycles. The quantitative estimate of drug-likeness (QED) is 0.874. The van der Waals surface area contributed by atoms with E-state index < -0.39 is 0 Å². The van der Waals surface area contributed by atoms with Crippen molar-refractivity contribution in [1.82, 2.24) is 5.32 Å². The first-order valence-corrected chi connectivity index (χ1v) is 6.13. The molecule has 0 unspecified atom stereocenters. The zero-order valence-corrected chi connectivity index (χ0v) is 12.4. The van der Waals surface area contributed by atoms with Gasteiger partial charge < -0.3 is 15.5 Å². The van der Waals surface area contributed by atoms with Crippen LogP contribution in [0.25, 0.3) is 0 Å². The smallest absolute Gasteiger partial charge is 0.255 e. The van der Waals surface area contributed by atoms with Gasteiger partial charge in [0.05, 0.1) is 11.1 Å². The van der Waals surface area contributed by atoms with Crippen LogP contribution in [-0.2, 0) is 0 Å². The summed E-state index contributed by atoms with van der Waals surface area (Å²) in [6.45, 7) is 4.47. The average molecular weight is 326 g/mol. The lowest BCUT2D eigenvalue weighted by Gasteiger charge is -2.31. The van der Waals surface area contributed by atoms with Gasteiger partial charge in [0.15, 0.2) is 4.67 Å². The summed E-state index contributed by atoms with van der Waals surface area (Å²) in [7, 11) is 0. The van der Waals surface area contributed by atoms with Crippen molar-refractivity contribution in [3.8, 4) is 0 Å². The Bertz CT molecular complexity index is 356. The van der Waals surface area contributed by atoms with Crippen molar-refractivity contribution in [2.75, 3.05) is 6.54 Å². The molecule has 0 bridgehead atoms. The number of carbonyl (C=O) groups is 1. The fourth-order valence-electron chi connectivity index (χ4n) is 1.51. The number of amides is 1. The molecular weight excluding hydrogens is 307 g/mol. The van der Waals surface area contributed by atoms with Gasteiger partial charge in [0.2, 0.25) is 0 Å². The number of nitrogens with two attached hydrogens (primary N) is 1. The highest BCUT2D eigenvalue weighted by Gasteiger charge is 2.27. The van der Waals surface area contributed by atoms with Crippen LogP contribution in [0, 0.1) is 0 Å². The average Bonchev–Trinajstić information content (AvgIpc) is 2.73. The predicted octanol–water partition coefficient (Wildman–Crippen LogP) is 2.71. The molecule has 3 N–H and O–H groups in total. The SMILES string of the molecule is CCC(CC)(CN)NC(=O)c1coc(Br)c1.Cl. The number of halogens is 2. The molecule has 0 aliphatic rings. The van der Waals surface area contributed by atoms with Crippen molar-refractivity contribution in [2.24, 2.45) is 5.73 Å². The Kier molecular flexibility index (Phi) is 6.82. The molecular formula is C11H18BrClN2O2. The van der Waals surface area contributed by atoms with Crippen LogP contribution in [0.5, 0.6) is 0 Å². The number of rotatable bonds is 5. The second kappa shape index (κ2) is 7.03. The number of hydrogen-bond donors (Lipinski definition) is 2. The molecule has 98 valence electrons. The van der Waals surface area contributed by atoms with Gasteiger partial charge in [-0.15, -0.1) is 12.4 Å². The summed E-state index contributed by atoms with van der Waals surface area (Å²) < 4.78 is 5.57. The maximum atomic E-state index is 11.9. The van der Waals surface area contributed by atoms with Crippen LogP contribution in [0.1, 0.15) is 37.0 Å². The molecule has 4 nitrogen and oxygen atoms in total. The van der Waals surface area contributed by atoms with Crippen LogP contribution in [-0.4, -0.2) is 18.0 Å². The zero-order chi connectivity index (χ0) is 12.2. The molecule has 0 saturated carbocycles. The van der Waals surface area contributed by atoms with E-state index in [1.807, 2.05) is 13.8 Å². The maximum Gasteiger partial charge on any atom is 0.255 e. The maximum absolute atomic E-state index is 11.9. The molecule has 0 saturated heterocycles. The van der Waals surface area contributed by atoms with Gasteiger partial charge in [0.1, 0.15) is 6.26 Å². The fourth-order valence-corrected chi connectivity index (χ4v) is 1.85. The molecule has 0 atom stereocenters. The van der Waals surface area contributed by atoms with E-state index in [1.165, 1.54) is 6.26 Å². The van der Waals surface area contributed by atoms with Gasteiger partial charge in [-0.3, -0.25) is 4.79 Å². The normalized spacial score (nSPS) is 10.8. The topological polar surface area (TPSA) is 68.3 Å². The minimum absolute atomic E-state index is 0. The lowest BCUT2D eigenvalue weighted by molar-refractivity contribution is 0.0894. The van der Waals surface area contributed by atoms with E-state index in [1.54, 1.807) is 6.07 Å².